The molecule has 0 saturated carbocycles. The quantitative estimate of drug-likeness (QED) is 0.460. The number of imide groups is 2. The number of carbonyl (C=O) groups is 3. The monoisotopic (exact) mass is 499 g/mol. The lowest BCUT2D eigenvalue weighted by Gasteiger charge is -2.55. The number of rotatable bonds is 5. The fourth-order valence-electron chi connectivity index (χ4n) is 5.54. The molecule has 1 aromatic heterocycles. The zero-order valence-corrected chi connectivity index (χ0v) is 20.0. The number of carbonyl (C=O) groups excluding carboxylic acids is 3. The average Bonchev–Trinajstić information content (AvgIpc) is 2.83. The van der Waals surface area contributed by atoms with Gasteiger partial charge in [-0.3, -0.25) is 30.2 Å². The SMILES string of the molecule is COCCOc1c(-c2cnccn2)cc2c(c1F)N1C[C@H](C)O[C@H](C)[C@H]1C1(C2)C(=O)NC(=O)NC1=O. The van der Waals surface area contributed by atoms with E-state index in [-0.39, 0.29) is 43.7 Å². The van der Waals surface area contributed by atoms with Crippen LogP contribution in [0.15, 0.2) is 24.7 Å². The van der Waals surface area contributed by atoms with Gasteiger partial charge in [0, 0.05) is 38.0 Å². The van der Waals surface area contributed by atoms with Crippen LogP contribution < -0.4 is 20.3 Å². The molecule has 2 N–H and O–H groups in total. The van der Waals surface area contributed by atoms with Crippen molar-refractivity contribution in [2.75, 3.05) is 31.8 Å². The van der Waals surface area contributed by atoms with Crippen molar-refractivity contribution in [3.8, 4) is 17.0 Å². The molecule has 0 bridgehead atoms. The van der Waals surface area contributed by atoms with Gasteiger partial charge in [-0.25, -0.2) is 9.18 Å². The second kappa shape index (κ2) is 9.10. The van der Waals surface area contributed by atoms with Gasteiger partial charge in [0.15, 0.2) is 17.0 Å². The lowest BCUT2D eigenvalue weighted by molar-refractivity contribution is -0.153. The number of fused-ring (bicyclic) bond motifs is 4. The maximum Gasteiger partial charge on any atom is 0.328 e. The first-order chi connectivity index (χ1) is 17.3. The summed E-state index contributed by atoms with van der Waals surface area (Å²) in [5.74, 6) is -2.16. The molecule has 11 nitrogen and oxygen atoms in total. The Bertz CT molecular complexity index is 1210. The van der Waals surface area contributed by atoms with Gasteiger partial charge in [-0.05, 0) is 25.5 Å². The van der Waals surface area contributed by atoms with E-state index in [9.17, 15) is 14.4 Å². The number of benzene rings is 1. The molecule has 4 amide bonds. The summed E-state index contributed by atoms with van der Waals surface area (Å²) in [6.07, 6.45) is 3.36. The van der Waals surface area contributed by atoms with Crippen molar-refractivity contribution in [1.29, 1.82) is 0 Å². The van der Waals surface area contributed by atoms with Crippen molar-refractivity contribution in [3.05, 3.63) is 36.0 Å². The molecule has 1 aromatic carbocycles. The van der Waals surface area contributed by atoms with Gasteiger partial charge in [-0.1, -0.05) is 0 Å². The normalized spacial score (nSPS) is 24.6. The molecule has 190 valence electrons. The number of anilines is 1. The number of urea groups is 1. The molecule has 0 unspecified atom stereocenters. The molecular formula is C24H26FN5O6. The molecular weight excluding hydrogens is 473 g/mol. The van der Waals surface area contributed by atoms with Gasteiger partial charge < -0.3 is 19.1 Å². The number of amides is 4. The number of morpholine rings is 1. The fourth-order valence-corrected chi connectivity index (χ4v) is 5.54. The summed E-state index contributed by atoms with van der Waals surface area (Å²) < 4.78 is 33.3. The van der Waals surface area contributed by atoms with Crippen molar-refractivity contribution in [2.45, 2.75) is 38.5 Å². The van der Waals surface area contributed by atoms with Gasteiger partial charge in [0.1, 0.15) is 6.61 Å². The van der Waals surface area contributed by atoms with Gasteiger partial charge in [-0.15, -0.1) is 0 Å². The molecule has 0 radical (unpaired) electrons. The topological polar surface area (TPSA) is 132 Å². The van der Waals surface area contributed by atoms with Crippen molar-refractivity contribution in [3.63, 3.8) is 0 Å². The minimum atomic E-state index is -1.72. The first-order valence-corrected chi connectivity index (χ1v) is 11.6. The molecule has 3 aliphatic rings. The predicted molar refractivity (Wildman–Crippen MR) is 124 cm³/mol. The molecule has 3 atom stereocenters. The van der Waals surface area contributed by atoms with Gasteiger partial charge >= 0.3 is 6.03 Å². The summed E-state index contributed by atoms with van der Waals surface area (Å²) in [5.41, 5.74) is -0.398. The molecule has 3 aliphatic heterocycles. The van der Waals surface area contributed by atoms with Crippen LogP contribution in [0.5, 0.6) is 5.75 Å². The minimum Gasteiger partial charge on any atom is -0.487 e. The zero-order chi connectivity index (χ0) is 25.6. The summed E-state index contributed by atoms with van der Waals surface area (Å²) in [6.45, 7) is 4.12. The Hall–Kier alpha value is -3.64. The Morgan fingerprint density at radius 3 is 2.61 bits per heavy atom. The third-order valence-corrected chi connectivity index (χ3v) is 6.85. The highest BCUT2D eigenvalue weighted by Gasteiger charge is 2.63. The molecule has 2 saturated heterocycles. The van der Waals surface area contributed by atoms with E-state index >= 15 is 4.39 Å². The summed E-state index contributed by atoms with van der Waals surface area (Å²) in [6, 6.07) is -0.0818. The molecule has 2 aromatic rings. The standard InChI is InChI=1S/C24H26FN5O6/c1-12-11-30-18-14(9-24(20(30)13(2)36-12)21(31)28-23(33)29-22(24)32)8-15(16-10-26-4-5-27-16)19(17(18)25)35-7-6-34-3/h4-5,8,10,12-13,20H,6-7,9,11H2,1-3H3,(H2,28,29,31,32,33)/t12-,13+,20-/m0/s1. The maximum absolute atomic E-state index is 16.4. The van der Waals surface area contributed by atoms with Crippen molar-refractivity contribution in [1.82, 2.24) is 20.6 Å². The summed E-state index contributed by atoms with van der Waals surface area (Å²) in [4.78, 5) is 48.7. The zero-order valence-electron chi connectivity index (χ0n) is 20.0. The summed E-state index contributed by atoms with van der Waals surface area (Å²) in [7, 11) is 1.52. The predicted octanol–water partition coefficient (Wildman–Crippen LogP) is 1.20. The van der Waals surface area contributed by atoms with Gasteiger partial charge in [0.25, 0.3) is 0 Å². The van der Waals surface area contributed by atoms with E-state index in [1.165, 1.54) is 25.7 Å². The number of hydrogen-bond acceptors (Lipinski definition) is 9. The number of halogens is 1. The third-order valence-electron chi connectivity index (χ3n) is 6.85. The van der Waals surface area contributed by atoms with Crippen LogP contribution in [0.2, 0.25) is 0 Å². The molecule has 4 heterocycles. The number of aromatic nitrogens is 2. The third kappa shape index (κ3) is 3.68. The van der Waals surface area contributed by atoms with E-state index in [1.807, 2.05) is 6.92 Å². The van der Waals surface area contributed by atoms with Crippen LogP contribution in [0.1, 0.15) is 19.4 Å². The van der Waals surface area contributed by atoms with Crippen LogP contribution in [0.4, 0.5) is 14.9 Å². The van der Waals surface area contributed by atoms with Crippen LogP contribution in [0.25, 0.3) is 11.3 Å². The molecule has 2 fully saturated rings. The van der Waals surface area contributed by atoms with E-state index in [0.29, 0.717) is 16.8 Å². The van der Waals surface area contributed by atoms with Crippen LogP contribution in [-0.2, 0) is 25.5 Å². The number of methoxy groups -OCH3 is 1. The lowest BCUT2D eigenvalue weighted by Crippen LogP contribution is -2.75. The minimum absolute atomic E-state index is 0.0273. The van der Waals surface area contributed by atoms with Crippen molar-refractivity contribution >= 4 is 23.5 Å². The first kappa shape index (κ1) is 24.1. The Balaban J connectivity index is 1.74. The van der Waals surface area contributed by atoms with Crippen molar-refractivity contribution < 1.29 is 33.0 Å². The molecule has 12 heteroatoms. The van der Waals surface area contributed by atoms with Crippen LogP contribution in [-0.4, -0.2) is 72.9 Å². The Morgan fingerprint density at radius 2 is 1.94 bits per heavy atom. The van der Waals surface area contributed by atoms with Gasteiger partial charge in [0.2, 0.25) is 11.8 Å². The van der Waals surface area contributed by atoms with E-state index in [1.54, 1.807) is 17.9 Å². The highest BCUT2D eigenvalue weighted by molar-refractivity contribution is 6.20. The number of nitrogens with zero attached hydrogens (tertiary/aromatic N) is 3. The van der Waals surface area contributed by atoms with Gasteiger partial charge in [0.05, 0.1) is 42.4 Å². The Morgan fingerprint density at radius 1 is 1.19 bits per heavy atom. The van der Waals surface area contributed by atoms with Crippen LogP contribution in [0.3, 0.4) is 0 Å². The largest absolute Gasteiger partial charge is 0.487 e. The van der Waals surface area contributed by atoms with Gasteiger partial charge in [-0.2, -0.15) is 0 Å². The molecule has 1 spiro atoms. The lowest BCUT2D eigenvalue weighted by atomic mass is 9.66. The summed E-state index contributed by atoms with van der Waals surface area (Å²) >= 11 is 0. The Labute approximate surface area is 206 Å². The number of nitrogens with one attached hydrogen (secondary N) is 2. The highest BCUT2D eigenvalue weighted by atomic mass is 19.1. The molecule has 36 heavy (non-hydrogen) atoms. The van der Waals surface area contributed by atoms with E-state index in [4.69, 9.17) is 14.2 Å². The second-order valence-corrected chi connectivity index (χ2v) is 9.14. The first-order valence-electron chi connectivity index (χ1n) is 11.6. The number of ether oxygens (including phenoxy) is 3. The summed E-state index contributed by atoms with van der Waals surface area (Å²) in [5, 5.41) is 4.45. The Kier molecular flexibility index (Phi) is 6.08. The second-order valence-electron chi connectivity index (χ2n) is 9.14. The number of hydrogen-bond donors (Lipinski definition) is 2. The molecule has 5 rings (SSSR count). The highest BCUT2D eigenvalue weighted by Crippen LogP contribution is 2.51. The van der Waals surface area contributed by atoms with Crippen LogP contribution >= 0.6 is 0 Å². The maximum atomic E-state index is 16.4. The van der Waals surface area contributed by atoms with E-state index in [0.717, 1.165) is 0 Å². The van der Waals surface area contributed by atoms with E-state index < -0.39 is 41.2 Å². The fraction of sp³-hybridized carbons (Fsp3) is 0.458. The van der Waals surface area contributed by atoms with E-state index in [2.05, 4.69) is 20.6 Å². The average molecular weight is 499 g/mol. The smallest absolute Gasteiger partial charge is 0.328 e. The number of barbiturate groups is 1. The molecule has 0 aliphatic carbocycles. The van der Waals surface area contributed by atoms with Crippen LogP contribution in [0, 0.1) is 11.2 Å². The van der Waals surface area contributed by atoms with Crippen molar-refractivity contribution in [2.24, 2.45) is 5.41 Å².